The number of halogens is 4. The maximum Gasteiger partial charge on any atom is 0.417 e. The maximum absolute atomic E-state index is 13.6. The van der Waals surface area contributed by atoms with Crippen molar-refractivity contribution < 1.29 is 22.7 Å². The van der Waals surface area contributed by atoms with Crippen molar-refractivity contribution in [3.8, 4) is 0 Å². The van der Waals surface area contributed by atoms with Crippen LogP contribution in [0.2, 0.25) is 0 Å². The molecule has 18 heavy (non-hydrogen) atoms. The van der Waals surface area contributed by atoms with E-state index in [1.165, 1.54) is 4.90 Å². The summed E-state index contributed by atoms with van der Waals surface area (Å²) >= 11 is 0. The molecule has 7 heteroatoms. The molecule has 1 unspecified atom stereocenters. The van der Waals surface area contributed by atoms with Crippen LogP contribution in [0.3, 0.4) is 0 Å². The summed E-state index contributed by atoms with van der Waals surface area (Å²) in [7, 11) is 0. The Bertz CT molecular complexity index is 436. The Morgan fingerprint density at radius 1 is 1.39 bits per heavy atom. The van der Waals surface area contributed by atoms with Gasteiger partial charge in [-0.2, -0.15) is 13.2 Å². The van der Waals surface area contributed by atoms with Gasteiger partial charge in [0.05, 0.1) is 11.7 Å². The van der Waals surface area contributed by atoms with Crippen LogP contribution < -0.4 is 4.90 Å². The van der Waals surface area contributed by atoms with Gasteiger partial charge in [0.25, 0.3) is 0 Å². The molecule has 1 aromatic rings. The van der Waals surface area contributed by atoms with Crippen LogP contribution in [0, 0.1) is 5.82 Å². The lowest BCUT2D eigenvalue weighted by Gasteiger charge is -2.31. The number of pyridine rings is 1. The van der Waals surface area contributed by atoms with Gasteiger partial charge >= 0.3 is 6.18 Å². The van der Waals surface area contributed by atoms with E-state index in [9.17, 15) is 22.7 Å². The number of rotatable bonds is 1. The molecule has 0 aliphatic carbocycles. The number of aliphatic hydroxyl groups excluding tert-OH is 1. The molecule has 1 aliphatic rings. The van der Waals surface area contributed by atoms with Crippen molar-refractivity contribution in [3.63, 3.8) is 0 Å². The number of nitrogens with zero attached hydrogens (tertiary/aromatic N) is 2. The van der Waals surface area contributed by atoms with Crippen molar-refractivity contribution >= 4 is 5.82 Å². The van der Waals surface area contributed by atoms with Crippen LogP contribution in [0.1, 0.15) is 18.4 Å². The van der Waals surface area contributed by atoms with Crippen LogP contribution in [-0.2, 0) is 6.18 Å². The Morgan fingerprint density at radius 3 is 2.67 bits per heavy atom. The van der Waals surface area contributed by atoms with E-state index in [0.717, 1.165) is 0 Å². The van der Waals surface area contributed by atoms with Gasteiger partial charge in [0.1, 0.15) is 0 Å². The summed E-state index contributed by atoms with van der Waals surface area (Å²) in [6.45, 7) is 0.668. The van der Waals surface area contributed by atoms with E-state index in [2.05, 4.69) is 4.98 Å². The fourth-order valence-corrected chi connectivity index (χ4v) is 1.97. The highest BCUT2D eigenvalue weighted by Gasteiger charge is 2.32. The van der Waals surface area contributed by atoms with Gasteiger partial charge in [-0.1, -0.05) is 0 Å². The van der Waals surface area contributed by atoms with Crippen molar-refractivity contribution in [3.05, 3.63) is 23.6 Å². The molecule has 1 atom stereocenters. The third kappa shape index (κ3) is 2.72. The van der Waals surface area contributed by atoms with Crippen molar-refractivity contribution in [2.45, 2.75) is 25.1 Å². The minimum absolute atomic E-state index is 0.137. The van der Waals surface area contributed by atoms with Crippen LogP contribution in [-0.4, -0.2) is 29.3 Å². The molecule has 1 fully saturated rings. The predicted octanol–water partition coefficient (Wildman–Crippen LogP) is 2.20. The highest BCUT2D eigenvalue weighted by Crippen LogP contribution is 2.31. The average Bonchev–Trinajstić information content (AvgIpc) is 2.27. The predicted molar refractivity (Wildman–Crippen MR) is 56.7 cm³/mol. The molecule has 2 heterocycles. The molecule has 1 aromatic heterocycles. The summed E-state index contributed by atoms with van der Waals surface area (Å²) in [5.41, 5.74) is -1.11. The first-order valence-corrected chi connectivity index (χ1v) is 5.53. The highest BCUT2D eigenvalue weighted by atomic mass is 19.4. The summed E-state index contributed by atoms with van der Waals surface area (Å²) in [6.07, 6.45) is -3.32. The molecular weight excluding hydrogens is 252 g/mol. The van der Waals surface area contributed by atoms with Crippen LogP contribution in [0.4, 0.5) is 23.4 Å². The molecule has 0 spiro atoms. The standard InChI is InChI=1S/C11H12F4N2O/c12-9-4-7(11(13,14)15)5-16-10(9)17-3-1-2-8(18)6-17/h4-5,8,18H,1-3,6H2. The fraction of sp³-hybridized carbons (Fsp3) is 0.545. The quantitative estimate of drug-likeness (QED) is 0.790. The number of hydrogen-bond donors (Lipinski definition) is 1. The van der Waals surface area contributed by atoms with Gasteiger partial charge in [-0.15, -0.1) is 0 Å². The lowest BCUT2D eigenvalue weighted by molar-refractivity contribution is -0.138. The summed E-state index contributed by atoms with van der Waals surface area (Å²) in [5.74, 6) is -1.15. The van der Waals surface area contributed by atoms with Gasteiger partial charge in [0.2, 0.25) is 0 Å². The zero-order valence-corrected chi connectivity index (χ0v) is 9.41. The Morgan fingerprint density at radius 2 is 2.11 bits per heavy atom. The van der Waals surface area contributed by atoms with E-state index in [1.807, 2.05) is 0 Å². The Kier molecular flexibility index (Phi) is 3.43. The van der Waals surface area contributed by atoms with Crippen molar-refractivity contribution in [2.75, 3.05) is 18.0 Å². The molecule has 2 rings (SSSR count). The van der Waals surface area contributed by atoms with Crippen LogP contribution in [0.25, 0.3) is 0 Å². The number of aromatic nitrogens is 1. The maximum atomic E-state index is 13.6. The van der Waals surface area contributed by atoms with Crippen molar-refractivity contribution in [2.24, 2.45) is 0 Å². The number of piperidine rings is 1. The second-order valence-electron chi connectivity index (χ2n) is 4.27. The van der Waals surface area contributed by atoms with Crippen molar-refractivity contribution in [1.29, 1.82) is 0 Å². The molecule has 0 bridgehead atoms. The van der Waals surface area contributed by atoms with Crippen molar-refractivity contribution in [1.82, 2.24) is 4.98 Å². The lowest BCUT2D eigenvalue weighted by Crippen LogP contribution is -2.39. The third-order valence-electron chi connectivity index (χ3n) is 2.85. The second kappa shape index (κ2) is 4.72. The number of β-amino-alcohol motifs (C(OH)–C–C–N with tert-alkyl or cyclic N) is 1. The van der Waals surface area contributed by atoms with Gasteiger partial charge in [0, 0.05) is 19.3 Å². The Labute approximate surface area is 101 Å². The number of alkyl halides is 3. The number of hydrogen-bond acceptors (Lipinski definition) is 3. The molecule has 100 valence electrons. The molecule has 0 amide bonds. The monoisotopic (exact) mass is 264 g/mol. The van der Waals surface area contributed by atoms with E-state index < -0.39 is 23.7 Å². The Hall–Kier alpha value is -1.37. The lowest BCUT2D eigenvalue weighted by atomic mass is 10.1. The average molecular weight is 264 g/mol. The molecule has 0 aromatic carbocycles. The molecular formula is C11H12F4N2O. The smallest absolute Gasteiger partial charge is 0.391 e. The van der Waals surface area contributed by atoms with Crippen LogP contribution in [0.5, 0.6) is 0 Å². The van der Waals surface area contributed by atoms with Crippen LogP contribution in [0.15, 0.2) is 12.3 Å². The van der Waals surface area contributed by atoms with Gasteiger partial charge in [-0.25, -0.2) is 9.37 Å². The summed E-state index contributed by atoms with van der Waals surface area (Å²) in [5, 5.41) is 9.44. The number of anilines is 1. The summed E-state index contributed by atoms with van der Waals surface area (Å²) < 4.78 is 50.6. The first-order chi connectivity index (χ1) is 8.38. The van der Waals surface area contributed by atoms with E-state index in [-0.39, 0.29) is 12.4 Å². The minimum atomic E-state index is -4.60. The molecule has 3 nitrogen and oxygen atoms in total. The highest BCUT2D eigenvalue weighted by molar-refractivity contribution is 5.42. The first kappa shape index (κ1) is 13.1. The van der Waals surface area contributed by atoms with E-state index in [0.29, 0.717) is 31.6 Å². The van der Waals surface area contributed by atoms with Gasteiger partial charge in [0.15, 0.2) is 11.6 Å². The molecule has 1 aliphatic heterocycles. The van der Waals surface area contributed by atoms with E-state index >= 15 is 0 Å². The summed E-state index contributed by atoms with van der Waals surface area (Å²) in [4.78, 5) is 4.98. The second-order valence-corrected chi connectivity index (χ2v) is 4.27. The zero-order valence-electron chi connectivity index (χ0n) is 9.41. The largest absolute Gasteiger partial charge is 0.417 e. The van der Waals surface area contributed by atoms with Crippen LogP contribution >= 0.6 is 0 Å². The molecule has 1 N–H and O–H groups in total. The molecule has 0 saturated carbocycles. The number of aliphatic hydroxyl groups is 1. The van der Waals surface area contributed by atoms with Gasteiger partial charge in [-0.3, -0.25) is 0 Å². The summed E-state index contributed by atoms with van der Waals surface area (Å²) in [6, 6.07) is 0.434. The van der Waals surface area contributed by atoms with E-state index in [1.54, 1.807) is 0 Å². The molecule has 1 saturated heterocycles. The minimum Gasteiger partial charge on any atom is -0.391 e. The van der Waals surface area contributed by atoms with Gasteiger partial charge < -0.3 is 10.0 Å². The topological polar surface area (TPSA) is 36.4 Å². The normalized spacial score (nSPS) is 21.2. The third-order valence-corrected chi connectivity index (χ3v) is 2.85. The van der Waals surface area contributed by atoms with Gasteiger partial charge in [-0.05, 0) is 18.9 Å². The SMILES string of the molecule is OC1CCCN(c2ncc(C(F)(F)F)cc2F)C1. The fourth-order valence-electron chi connectivity index (χ4n) is 1.97. The Balaban J connectivity index is 2.24. The first-order valence-electron chi connectivity index (χ1n) is 5.53. The molecule has 0 radical (unpaired) electrons. The van der Waals surface area contributed by atoms with E-state index in [4.69, 9.17) is 0 Å². The zero-order chi connectivity index (χ0) is 13.3.